The topological polar surface area (TPSA) is 82.6 Å². The summed E-state index contributed by atoms with van der Waals surface area (Å²) >= 11 is 0. The monoisotopic (exact) mass is 596 g/mol. The first kappa shape index (κ1) is 30.6. The van der Waals surface area contributed by atoms with Gasteiger partial charge in [0.2, 0.25) is 0 Å². The Hall–Kier alpha value is -3.82. The third kappa shape index (κ3) is 6.14. The van der Waals surface area contributed by atoms with Gasteiger partial charge in [0.15, 0.2) is 6.23 Å². The average Bonchev–Trinajstić information content (AvgIpc) is 3.36. The number of nitrogens with zero attached hydrogens (tertiary/aromatic N) is 1. The highest BCUT2D eigenvalue weighted by Gasteiger charge is 2.52. The molecule has 2 unspecified atom stereocenters. The van der Waals surface area contributed by atoms with Crippen molar-refractivity contribution in [2.24, 2.45) is 5.92 Å². The fourth-order valence-corrected chi connectivity index (χ4v) is 10.7. The predicted octanol–water partition coefficient (Wildman–Crippen LogP) is 4.66. The minimum atomic E-state index is -2.86. The normalized spacial score (nSPS) is 21.0. The highest BCUT2D eigenvalue weighted by molar-refractivity contribution is 6.99. The summed E-state index contributed by atoms with van der Waals surface area (Å²) in [5.74, 6) is -0.243. The molecule has 0 saturated carbocycles. The Kier molecular flexibility index (Phi) is 9.13. The first-order valence-corrected chi connectivity index (χ1v) is 16.5. The maximum Gasteiger partial charge on any atom is 0.330 e. The number of H-pyrrole nitrogens is 1. The smallest absolute Gasteiger partial charge is 0.330 e. The first-order valence-electron chi connectivity index (χ1n) is 14.6. The summed E-state index contributed by atoms with van der Waals surface area (Å²) in [6.45, 7) is 8.67. The van der Waals surface area contributed by atoms with E-state index in [9.17, 15) is 9.59 Å². The van der Waals surface area contributed by atoms with Crippen LogP contribution in [0.25, 0.3) is 6.08 Å². The maximum absolute atomic E-state index is 13.0. The number of ether oxygens (including phenoxy) is 2. The van der Waals surface area contributed by atoms with Crippen molar-refractivity contribution in [2.45, 2.75) is 51.2 Å². The van der Waals surface area contributed by atoms with E-state index in [0.29, 0.717) is 5.56 Å². The van der Waals surface area contributed by atoms with Gasteiger partial charge in [-0.15, -0.1) is 0 Å². The molecule has 1 fully saturated rings. The molecule has 7 nitrogen and oxygen atoms in total. The van der Waals surface area contributed by atoms with Crippen LogP contribution in [0.5, 0.6) is 0 Å². The van der Waals surface area contributed by atoms with Crippen LogP contribution >= 0.6 is 0 Å². The number of hydrogen-bond donors (Lipinski definition) is 1. The molecule has 4 aromatic rings. The van der Waals surface area contributed by atoms with Crippen LogP contribution in [0.2, 0.25) is 5.04 Å². The molecule has 224 valence electrons. The number of hydrogen-bond acceptors (Lipinski definition) is 5. The van der Waals surface area contributed by atoms with E-state index >= 15 is 0 Å². The summed E-state index contributed by atoms with van der Waals surface area (Å²) in [4.78, 5) is 27.5. The molecule has 43 heavy (non-hydrogen) atoms. The number of methoxy groups -OCH3 is 1. The Morgan fingerprint density at radius 3 is 2.00 bits per heavy atom. The number of aromatic amines is 1. The highest BCUT2D eigenvalue weighted by Crippen LogP contribution is 2.40. The SMILES string of the molecule is CO[C@H]1C(n2cc(C)c(=O)[nH]c2=O)OC(CO[Si](c2ccccc2)(c2ccccc2)C(C)(C)C)[C@H]1/C=C/c1ccccc1. The van der Waals surface area contributed by atoms with Crippen LogP contribution in [0.15, 0.2) is 113 Å². The molecule has 5 rings (SSSR count). The standard InChI is InChI=1S/C35H40N2O5Si/c1-25-23-37(34(39)36-32(25)38)33-31(40-5)29(22-21-26-15-9-6-10-16-26)30(42-33)24-41-43(35(2,3)4,27-17-11-7-12-18-27)28-19-13-8-14-20-28/h6-23,29-31,33H,24H2,1-5H3,(H,36,38,39)/b22-21+/t29-,30?,31-,33?/m1/s1. The van der Waals surface area contributed by atoms with Crippen molar-refractivity contribution in [1.82, 2.24) is 9.55 Å². The molecule has 3 aromatic carbocycles. The molecule has 0 aliphatic carbocycles. The van der Waals surface area contributed by atoms with Gasteiger partial charge in [-0.3, -0.25) is 14.3 Å². The third-order valence-corrected chi connectivity index (χ3v) is 13.3. The second kappa shape index (κ2) is 12.8. The summed E-state index contributed by atoms with van der Waals surface area (Å²) in [5.41, 5.74) is 0.508. The molecule has 1 aliphatic rings. The molecule has 8 heteroatoms. The number of aryl methyl sites for hydroxylation is 1. The van der Waals surface area contributed by atoms with Crippen LogP contribution in [0.1, 0.15) is 38.1 Å². The Morgan fingerprint density at radius 2 is 1.47 bits per heavy atom. The maximum atomic E-state index is 13.0. The second-order valence-corrected chi connectivity index (χ2v) is 16.4. The van der Waals surface area contributed by atoms with E-state index < -0.39 is 38.0 Å². The van der Waals surface area contributed by atoms with Gasteiger partial charge in [0.1, 0.15) is 6.10 Å². The summed E-state index contributed by atoms with van der Waals surface area (Å²) in [6.07, 6.45) is 3.99. The Morgan fingerprint density at radius 1 is 0.907 bits per heavy atom. The van der Waals surface area contributed by atoms with Gasteiger partial charge in [0.05, 0.1) is 12.7 Å². The largest absolute Gasteiger partial charge is 0.405 e. The lowest BCUT2D eigenvalue weighted by Gasteiger charge is -2.43. The molecule has 0 amide bonds. The number of aromatic nitrogens is 2. The third-order valence-electron chi connectivity index (χ3n) is 8.29. The zero-order valence-electron chi connectivity index (χ0n) is 25.4. The molecule has 2 heterocycles. The molecule has 1 aliphatic heterocycles. The van der Waals surface area contributed by atoms with Crippen molar-refractivity contribution in [3.05, 3.63) is 135 Å². The Balaban J connectivity index is 1.58. The van der Waals surface area contributed by atoms with Gasteiger partial charge in [0.25, 0.3) is 13.9 Å². The summed E-state index contributed by atoms with van der Waals surface area (Å²) in [7, 11) is -1.23. The average molecular weight is 597 g/mol. The van der Waals surface area contributed by atoms with Crippen LogP contribution in [0, 0.1) is 12.8 Å². The van der Waals surface area contributed by atoms with Crippen LogP contribution in [0.4, 0.5) is 0 Å². The number of nitrogens with one attached hydrogen (secondary N) is 1. The van der Waals surface area contributed by atoms with Gasteiger partial charge in [-0.25, -0.2) is 4.79 Å². The van der Waals surface area contributed by atoms with Crippen molar-refractivity contribution >= 4 is 24.8 Å². The molecule has 0 bridgehead atoms. The molecule has 0 spiro atoms. The number of rotatable bonds is 9. The van der Waals surface area contributed by atoms with Gasteiger partial charge < -0.3 is 13.9 Å². The zero-order chi connectivity index (χ0) is 30.6. The second-order valence-electron chi connectivity index (χ2n) is 12.1. The van der Waals surface area contributed by atoms with E-state index in [-0.39, 0.29) is 17.6 Å². The van der Waals surface area contributed by atoms with Crippen molar-refractivity contribution in [3.63, 3.8) is 0 Å². The predicted molar refractivity (Wildman–Crippen MR) is 173 cm³/mol. The van der Waals surface area contributed by atoms with Gasteiger partial charge in [0, 0.05) is 24.8 Å². The van der Waals surface area contributed by atoms with Gasteiger partial charge >= 0.3 is 5.69 Å². The van der Waals surface area contributed by atoms with Crippen molar-refractivity contribution in [1.29, 1.82) is 0 Å². The molecule has 0 radical (unpaired) electrons. The summed E-state index contributed by atoms with van der Waals surface area (Å²) < 4.78 is 21.4. The van der Waals surface area contributed by atoms with E-state index in [4.69, 9.17) is 13.9 Å². The fraction of sp³-hybridized carbons (Fsp3) is 0.314. The van der Waals surface area contributed by atoms with Crippen LogP contribution in [-0.2, 0) is 13.9 Å². The van der Waals surface area contributed by atoms with Crippen molar-refractivity contribution in [2.75, 3.05) is 13.7 Å². The first-order chi connectivity index (χ1) is 20.7. The van der Waals surface area contributed by atoms with Gasteiger partial charge in [-0.05, 0) is 27.9 Å². The fourth-order valence-electron chi connectivity index (χ4n) is 6.16. The quantitative estimate of drug-likeness (QED) is 0.284. The number of benzene rings is 3. The van der Waals surface area contributed by atoms with E-state index in [1.54, 1.807) is 20.2 Å². The molecule has 4 atom stereocenters. The highest BCUT2D eigenvalue weighted by atomic mass is 28.4. The molecule has 1 saturated heterocycles. The molecular weight excluding hydrogens is 556 g/mol. The summed E-state index contributed by atoms with van der Waals surface area (Å²) in [6, 6.07) is 31.0. The molecular formula is C35H40N2O5Si. The van der Waals surface area contributed by atoms with Crippen LogP contribution in [-0.4, -0.2) is 43.8 Å². The Bertz CT molecular complexity index is 1610. The zero-order valence-corrected chi connectivity index (χ0v) is 26.4. The van der Waals surface area contributed by atoms with Crippen LogP contribution in [0.3, 0.4) is 0 Å². The Labute approximate surface area is 253 Å². The van der Waals surface area contributed by atoms with Gasteiger partial charge in [-0.1, -0.05) is 124 Å². The van der Waals surface area contributed by atoms with Crippen molar-refractivity contribution in [3.8, 4) is 0 Å². The lowest BCUT2D eigenvalue weighted by Crippen LogP contribution is -2.67. The molecule has 1 aromatic heterocycles. The summed E-state index contributed by atoms with van der Waals surface area (Å²) in [5, 5.41) is 2.14. The van der Waals surface area contributed by atoms with Crippen LogP contribution < -0.4 is 21.6 Å². The van der Waals surface area contributed by atoms with E-state index in [2.05, 4.69) is 86.4 Å². The molecule has 1 N–H and O–H groups in total. The van der Waals surface area contributed by atoms with E-state index in [0.717, 1.165) is 5.56 Å². The minimum Gasteiger partial charge on any atom is -0.405 e. The minimum absolute atomic E-state index is 0.212. The lowest BCUT2D eigenvalue weighted by atomic mass is 9.96. The van der Waals surface area contributed by atoms with E-state index in [1.165, 1.54) is 14.9 Å². The van der Waals surface area contributed by atoms with Crippen molar-refractivity contribution < 1.29 is 13.9 Å². The lowest BCUT2D eigenvalue weighted by molar-refractivity contribution is -0.0611. The van der Waals surface area contributed by atoms with Gasteiger partial charge in [-0.2, -0.15) is 0 Å². The van der Waals surface area contributed by atoms with E-state index in [1.807, 2.05) is 42.5 Å².